The summed E-state index contributed by atoms with van der Waals surface area (Å²) in [6.45, 7) is 0.0334. The molecule has 0 aliphatic heterocycles. The van der Waals surface area contributed by atoms with Crippen LogP contribution < -0.4 is 0 Å². The number of aliphatic hydroxyl groups is 1. The van der Waals surface area contributed by atoms with Crippen LogP contribution in [-0.2, 0) is 0 Å². The van der Waals surface area contributed by atoms with Gasteiger partial charge in [0, 0.05) is 6.42 Å². The first-order chi connectivity index (χ1) is 7.81. The third-order valence-corrected chi connectivity index (χ3v) is 2.24. The maximum atomic E-state index is 8.61. The van der Waals surface area contributed by atoms with E-state index in [2.05, 4.69) is 21.8 Å². The Morgan fingerprint density at radius 3 is 2.56 bits per heavy atom. The summed E-state index contributed by atoms with van der Waals surface area (Å²) < 4.78 is 0. The van der Waals surface area contributed by atoms with Crippen molar-refractivity contribution < 1.29 is 5.11 Å². The topological polar surface area (TPSA) is 46.0 Å². The molecule has 0 bridgehead atoms. The van der Waals surface area contributed by atoms with Crippen LogP contribution in [0.15, 0.2) is 24.3 Å². The molecule has 0 saturated carbocycles. The van der Waals surface area contributed by atoms with Crippen molar-refractivity contribution >= 4 is 22.6 Å². The minimum atomic E-state index is 0.0334. The lowest BCUT2D eigenvalue weighted by molar-refractivity contribution is 0.305. The van der Waals surface area contributed by atoms with Gasteiger partial charge in [-0.3, -0.25) is 0 Å². The van der Waals surface area contributed by atoms with Crippen LogP contribution in [0.2, 0.25) is 5.15 Å². The Balaban J connectivity index is 2.47. The first-order valence-corrected chi connectivity index (χ1v) is 5.21. The van der Waals surface area contributed by atoms with Gasteiger partial charge in [-0.2, -0.15) is 0 Å². The van der Waals surface area contributed by atoms with Crippen LogP contribution >= 0.6 is 11.6 Å². The van der Waals surface area contributed by atoms with Gasteiger partial charge in [0.2, 0.25) is 0 Å². The molecular weight excluding hydrogens is 224 g/mol. The molecule has 0 aliphatic rings. The van der Waals surface area contributed by atoms with Gasteiger partial charge >= 0.3 is 0 Å². The van der Waals surface area contributed by atoms with E-state index in [-0.39, 0.29) is 6.61 Å². The molecule has 0 radical (unpaired) electrons. The van der Waals surface area contributed by atoms with E-state index in [0.29, 0.717) is 17.3 Å². The van der Waals surface area contributed by atoms with E-state index in [1.165, 1.54) is 0 Å². The number of halogens is 1. The number of nitrogens with zero attached hydrogens (tertiary/aromatic N) is 2. The van der Waals surface area contributed by atoms with Crippen molar-refractivity contribution in [3.8, 4) is 11.8 Å². The highest BCUT2D eigenvalue weighted by Crippen LogP contribution is 2.15. The monoisotopic (exact) mass is 232 g/mol. The fourth-order valence-corrected chi connectivity index (χ4v) is 1.44. The first-order valence-electron chi connectivity index (χ1n) is 4.83. The summed E-state index contributed by atoms with van der Waals surface area (Å²) in [5, 5.41) is 8.91. The second-order valence-corrected chi connectivity index (χ2v) is 3.49. The highest BCUT2D eigenvalue weighted by molar-refractivity contribution is 6.30. The number of fused-ring (bicyclic) bond motifs is 1. The molecule has 4 heteroatoms. The average Bonchev–Trinajstić information content (AvgIpc) is 2.30. The molecular formula is C12H9ClN2O. The quantitative estimate of drug-likeness (QED) is 0.766. The van der Waals surface area contributed by atoms with E-state index in [0.717, 1.165) is 11.0 Å². The number of hydrogen-bond acceptors (Lipinski definition) is 3. The lowest BCUT2D eigenvalue weighted by Crippen LogP contribution is -1.91. The molecule has 80 valence electrons. The average molecular weight is 233 g/mol. The van der Waals surface area contributed by atoms with Crippen molar-refractivity contribution in [1.82, 2.24) is 9.97 Å². The molecule has 1 aromatic heterocycles. The van der Waals surface area contributed by atoms with Gasteiger partial charge in [-0.05, 0) is 18.1 Å². The predicted molar refractivity (Wildman–Crippen MR) is 63.1 cm³/mol. The Kier molecular flexibility index (Phi) is 3.35. The molecule has 0 atom stereocenters. The Labute approximate surface area is 98.1 Å². The second kappa shape index (κ2) is 4.93. The summed E-state index contributed by atoms with van der Waals surface area (Å²) in [7, 11) is 0. The summed E-state index contributed by atoms with van der Waals surface area (Å²) in [6.07, 6.45) is 0.408. The molecule has 2 rings (SSSR count). The van der Waals surface area contributed by atoms with Gasteiger partial charge in [-0.15, -0.1) is 0 Å². The Hall–Kier alpha value is -1.63. The maximum absolute atomic E-state index is 8.61. The summed E-state index contributed by atoms with van der Waals surface area (Å²) in [6, 6.07) is 7.47. The number of para-hydroxylation sites is 2. The number of aromatic nitrogens is 2. The van der Waals surface area contributed by atoms with Crippen LogP contribution in [0.4, 0.5) is 0 Å². The van der Waals surface area contributed by atoms with E-state index in [1.807, 2.05) is 24.3 Å². The van der Waals surface area contributed by atoms with Gasteiger partial charge in [0.15, 0.2) is 10.8 Å². The number of aliphatic hydroxyl groups excluding tert-OH is 1. The molecule has 16 heavy (non-hydrogen) atoms. The zero-order valence-electron chi connectivity index (χ0n) is 8.44. The van der Waals surface area contributed by atoms with Crippen molar-refractivity contribution in [2.75, 3.05) is 6.61 Å². The van der Waals surface area contributed by atoms with Crippen LogP contribution in [-0.4, -0.2) is 21.7 Å². The minimum Gasteiger partial charge on any atom is -0.395 e. The molecule has 0 saturated heterocycles. The smallest absolute Gasteiger partial charge is 0.164 e. The van der Waals surface area contributed by atoms with Gasteiger partial charge < -0.3 is 5.11 Å². The fourth-order valence-electron chi connectivity index (χ4n) is 1.26. The largest absolute Gasteiger partial charge is 0.395 e. The summed E-state index contributed by atoms with van der Waals surface area (Å²) in [5.41, 5.74) is 1.97. The highest BCUT2D eigenvalue weighted by Gasteiger charge is 2.03. The number of rotatable bonds is 1. The maximum Gasteiger partial charge on any atom is 0.164 e. The lowest BCUT2D eigenvalue weighted by atomic mass is 10.3. The Morgan fingerprint density at radius 2 is 1.88 bits per heavy atom. The van der Waals surface area contributed by atoms with Gasteiger partial charge in [-0.25, -0.2) is 9.97 Å². The van der Waals surface area contributed by atoms with Crippen LogP contribution in [0.3, 0.4) is 0 Å². The minimum absolute atomic E-state index is 0.0334. The van der Waals surface area contributed by atoms with Crippen LogP contribution in [0.5, 0.6) is 0 Å². The fraction of sp³-hybridized carbons (Fsp3) is 0.167. The molecule has 0 fully saturated rings. The second-order valence-electron chi connectivity index (χ2n) is 3.13. The van der Waals surface area contributed by atoms with Crippen LogP contribution in [0, 0.1) is 11.8 Å². The molecule has 3 nitrogen and oxygen atoms in total. The van der Waals surface area contributed by atoms with Gasteiger partial charge in [-0.1, -0.05) is 29.7 Å². The third kappa shape index (κ3) is 2.30. The molecule has 1 heterocycles. The summed E-state index contributed by atoms with van der Waals surface area (Å²) >= 11 is 5.94. The first kappa shape index (κ1) is 10.9. The van der Waals surface area contributed by atoms with Gasteiger partial charge in [0.25, 0.3) is 0 Å². The predicted octanol–water partition coefficient (Wildman–Crippen LogP) is 2.02. The molecule has 1 aromatic carbocycles. The van der Waals surface area contributed by atoms with Crippen molar-refractivity contribution in [3.63, 3.8) is 0 Å². The molecule has 0 amide bonds. The molecule has 1 N–H and O–H groups in total. The molecule has 0 unspecified atom stereocenters. The SMILES string of the molecule is OCCC#Cc1nc2ccccc2nc1Cl. The van der Waals surface area contributed by atoms with E-state index in [1.54, 1.807) is 0 Å². The Morgan fingerprint density at radius 1 is 1.19 bits per heavy atom. The van der Waals surface area contributed by atoms with Crippen molar-refractivity contribution in [3.05, 3.63) is 35.1 Å². The summed E-state index contributed by atoms with van der Waals surface area (Å²) in [4.78, 5) is 8.49. The molecule has 0 aliphatic carbocycles. The Bertz CT molecular complexity index is 572. The zero-order valence-corrected chi connectivity index (χ0v) is 9.20. The van der Waals surface area contributed by atoms with Gasteiger partial charge in [0.05, 0.1) is 17.6 Å². The zero-order chi connectivity index (χ0) is 11.4. The number of benzene rings is 1. The van der Waals surface area contributed by atoms with E-state index in [9.17, 15) is 0 Å². The van der Waals surface area contributed by atoms with Crippen molar-refractivity contribution in [2.45, 2.75) is 6.42 Å². The molecule has 0 spiro atoms. The normalized spacial score (nSPS) is 9.88. The van der Waals surface area contributed by atoms with Crippen molar-refractivity contribution in [2.24, 2.45) is 0 Å². The lowest BCUT2D eigenvalue weighted by Gasteiger charge is -1.98. The highest BCUT2D eigenvalue weighted by atomic mass is 35.5. The van der Waals surface area contributed by atoms with Crippen molar-refractivity contribution in [1.29, 1.82) is 0 Å². The molecule has 2 aromatic rings. The van der Waals surface area contributed by atoms with E-state index >= 15 is 0 Å². The van der Waals surface area contributed by atoms with Crippen LogP contribution in [0.25, 0.3) is 11.0 Å². The summed E-state index contributed by atoms with van der Waals surface area (Å²) in [5.74, 6) is 5.56. The van der Waals surface area contributed by atoms with E-state index < -0.39 is 0 Å². The number of hydrogen-bond donors (Lipinski definition) is 1. The third-order valence-electron chi connectivity index (χ3n) is 1.97. The standard InChI is InChI=1S/C12H9ClN2O/c13-12-11(7-3-4-8-16)14-9-5-1-2-6-10(9)15-12/h1-2,5-6,16H,4,8H2. The van der Waals surface area contributed by atoms with Crippen LogP contribution in [0.1, 0.15) is 12.1 Å². The van der Waals surface area contributed by atoms with E-state index in [4.69, 9.17) is 16.7 Å². The van der Waals surface area contributed by atoms with Gasteiger partial charge in [0.1, 0.15) is 0 Å².